The summed E-state index contributed by atoms with van der Waals surface area (Å²) in [6.07, 6.45) is 1.12. The van der Waals surface area contributed by atoms with Crippen LogP contribution in [-0.4, -0.2) is 36.8 Å². The molecule has 2 nitrogen and oxygen atoms in total. The van der Waals surface area contributed by atoms with Gasteiger partial charge in [0.15, 0.2) is 0 Å². The number of thioether (sulfide) groups is 1. The fourth-order valence-corrected chi connectivity index (χ4v) is 1.86. The molecule has 0 aromatic heterocycles. The van der Waals surface area contributed by atoms with Gasteiger partial charge in [-0.2, -0.15) is 11.8 Å². The molecule has 0 heterocycles. The predicted molar refractivity (Wildman–Crippen MR) is 66.2 cm³/mol. The summed E-state index contributed by atoms with van der Waals surface area (Å²) in [4.78, 5) is 0. The van der Waals surface area contributed by atoms with Crippen LogP contribution >= 0.6 is 11.8 Å². The van der Waals surface area contributed by atoms with E-state index in [0.29, 0.717) is 4.75 Å². The molecule has 14 heavy (non-hydrogen) atoms. The van der Waals surface area contributed by atoms with Gasteiger partial charge in [0, 0.05) is 30.3 Å². The summed E-state index contributed by atoms with van der Waals surface area (Å²) in [5, 5.41) is 3.42. The lowest BCUT2D eigenvalue weighted by Crippen LogP contribution is -2.21. The molecule has 0 unspecified atom stereocenters. The van der Waals surface area contributed by atoms with Gasteiger partial charge in [0.2, 0.25) is 0 Å². The molecule has 3 heteroatoms. The van der Waals surface area contributed by atoms with E-state index in [1.807, 2.05) is 18.7 Å². The van der Waals surface area contributed by atoms with Crippen molar-refractivity contribution in [1.29, 1.82) is 0 Å². The van der Waals surface area contributed by atoms with E-state index in [2.05, 4.69) is 26.1 Å². The Balaban J connectivity index is 2.99. The van der Waals surface area contributed by atoms with Crippen molar-refractivity contribution in [2.45, 2.75) is 38.9 Å². The first-order valence-electron chi connectivity index (χ1n) is 5.48. The lowest BCUT2D eigenvalue weighted by Gasteiger charge is -2.17. The minimum Gasteiger partial charge on any atom is -0.382 e. The van der Waals surface area contributed by atoms with Crippen molar-refractivity contribution in [2.24, 2.45) is 0 Å². The Morgan fingerprint density at radius 3 is 2.50 bits per heavy atom. The number of nitrogens with one attached hydrogen (secondary N) is 1. The van der Waals surface area contributed by atoms with E-state index in [-0.39, 0.29) is 0 Å². The van der Waals surface area contributed by atoms with E-state index in [0.717, 1.165) is 32.7 Å². The Kier molecular flexibility index (Phi) is 8.73. The highest BCUT2D eigenvalue weighted by Crippen LogP contribution is 2.21. The van der Waals surface area contributed by atoms with Crippen LogP contribution in [0.2, 0.25) is 0 Å². The highest BCUT2D eigenvalue weighted by Gasteiger charge is 2.08. The molecule has 0 aliphatic carbocycles. The van der Waals surface area contributed by atoms with E-state index in [1.54, 1.807) is 0 Å². The van der Waals surface area contributed by atoms with Crippen LogP contribution in [0.5, 0.6) is 0 Å². The first-order chi connectivity index (χ1) is 6.56. The first kappa shape index (κ1) is 14.3. The maximum absolute atomic E-state index is 5.25. The van der Waals surface area contributed by atoms with Gasteiger partial charge in [0.05, 0.1) is 0 Å². The fourth-order valence-electron chi connectivity index (χ4n) is 0.998. The second-order valence-corrected chi connectivity index (χ2v) is 6.18. The maximum atomic E-state index is 5.25. The van der Waals surface area contributed by atoms with Crippen LogP contribution in [0, 0.1) is 0 Å². The highest BCUT2D eigenvalue weighted by molar-refractivity contribution is 8.00. The average Bonchev–Trinajstić information content (AvgIpc) is 2.08. The van der Waals surface area contributed by atoms with E-state index in [9.17, 15) is 0 Å². The summed E-state index contributed by atoms with van der Waals surface area (Å²) < 4.78 is 5.64. The Hall–Kier alpha value is 0.270. The van der Waals surface area contributed by atoms with E-state index < -0.39 is 0 Å². The second kappa shape index (κ2) is 8.57. The lowest BCUT2D eigenvalue weighted by atomic mass is 10.3. The van der Waals surface area contributed by atoms with E-state index in [4.69, 9.17) is 4.74 Å². The van der Waals surface area contributed by atoms with Gasteiger partial charge in [-0.3, -0.25) is 0 Å². The van der Waals surface area contributed by atoms with Gasteiger partial charge in [0.1, 0.15) is 0 Å². The zero-order chi connectivity index (χ0) is 10.9. The van der Waals surface area contributed by atoms with Gasteiger partial charge in [-0.25, -0.2) is 0 Å². The highest BCUT2D eigenvalue weighted by atomic mass is 32.2. The number of rotatable bonds is 8. The fraction of sp³-hybridized carbons (Fsp3) is 1.00. The van der Waals surface area contributed by atoms with Crippen molar-refractivity contribution in [3.8, 4) is 0 Å². The molecule has 0 aromatic rings. The molecule has 0 radical (unpaired) electrons. The number of hydrogen-bond acceptors (Lipinski definition) is 3. The van der Waals surface area contributed by atoms with Crippen molar-refractivity contribution in [3.63, 3.8) is 0 Å². The molecule has 0 spiro atoms. The molecule has 0 saturated carbocycles. The number of hydrogen-bond donors (Lipinski definition) is 1. The molecule has 0 aliphatic rings. The van der Waals surface area contributed by atoms with Crippen LogP contribution in [0.4, 0.5) is 0 Å². The summed E-state index contributed by atoms with van der Waals surface area (Å²) >= 11 is 2.01. The van der Waals surface area contributed by atoms with Crippen LogP contribution in [0.25, 0.3) is 0 Å². The van der Waals surface area contributed by atoms with Crippen molar-refractivity contribution in [2.75, 3.05) is 32.1 Å². The van der Waals surface area contributed by atoms with Gasteiger partial charge < -0.3 is 10.1 Å². The second-order valence-electron chi connectivity index (χ2n) is 4.26. The summed E-state index contributed by atoms with van der Waals surface area (Å²) in [6.45, 7) is 12.7. The van der Waals surface area contributed by atoms with Gasteiger partial charge in [-0.1, -0.05) is 20.8 Å². The van der Waals surface area contributed by atoms with Crippen LogP contribution in [0.3, 0.4) is 0 Å². The van der Waals surface area contributed by atoms with Crippen molar-refractivity contribution < 1.29 is 4.74 Å². The van der Waals surface area contributed by atoms with Crippen LogP contribution in [-0.2, 0) is 4.74 Å². The minimum absolute atomic E-state index is 0.396. The Labute approximate surface area is 93.2 Å². The number of ether oxygens (including phenoxy) is 1. The minimum atomic E-state index is 0.396. The molecular formula is C11H25NOS. The molecule has 0 aromatic carbocycles. The zero-order valence-electron chi connectivity index (χ0n) is 10.1. The Morgan fingerprint density at radius 1 is 1.21 bits per heavy atom. The zero-order valence-corrected chi connectivity index (χ0v) is 10.9. The largest absolute Gasteiger partial charge is 0.382 e. The SMILES string of the molecule is CCOCCCNCCSC(C)(C)C. The van der Waals surface area contributed by atoms with Gasteiger partial charge in [0.25, 0.3) is 0 Å². The van der Waals surface area contributed by atoms with Crippen molar-refractivity contribution in [3.05, 3.63) is 0 Å². The van der Waals surface area contributed by atoms with Gasteiger partial charge >= 0.3 is 0 Å². The third-order valence-electron chi connectivity index (χ3n) is 1.66. The maximum Gasteiger partial charge on any atom is 0.0477 e. The normalized spacial score (nSPS) is 12.0. The molecule has 86 valence electrons. The quantitative estimate of drug-likeness (QED) is 0.634. The third-order valence-corrected chi connectivity index (χ3v) is 2.93. The average molecular weight is 219 g/mol. The monoisotopic (exact) mass is 219 g/mol. The predicted octanol–water partition coefficient (Wildman–Crippen LogP) is 2.53. The molecule has 0 atom stereocenters. The topological polar surface area (TPSA) is 21.3 Å². The summed E-state index contributed by atoms with van der Waals surface area (Å²) in [6, 6.07) is 0. The van der Waals surface area contributed by atoms with E-state index in [1.165, 1.54) is 5.75 Å². The molecule has 0 rings (SSSR count). The Bertz CT molecular complexity index is 123. The van der Waals surface area contributed by atoms with Crippen LogP contribution in [0.15, 0.2) is 0 Å². The van der Waals surface area contributed by atoms with E-state index >= 15 is 0 Å². The molecule has 0 aliphatic heterocycles. The molecule has 0 fully saturated rings. The first-order valence-corrected chi connectivity index (χ1v) is 6.47. The third kappa shape index (κ3) is 12.3. The van der Waals surface area contributed by atoms with Crippen LogP contribution < -0.4 is 5.32 Å². The molecule has 0 amide bonds. The van der Waals surface area contributed by atoms with Gasteiger partial charge in [-0.05, 0) is 19.9 Å². The molecular weight excluding hydrogens is 194 g/mol. The molecule has 0 bridgehead atoms. The molecule has 0 saturated heterocycles. The van der Waals surface area contributed by atoms with Crippen molar-refractivity contribution >= 4 is 11.8 Å². The Morgan fingerprint density at radius 2 is 1.93 bits per heavy atom. The summed E-state index contributed by atoms with van der Waals surface area (Å²) in [7, 11) is 0. The standard InChI is InChI=1S/C11H25NOS/c1-5-13-9-6-7-12-8-10-14-11(2,3)4/h12H,5-10H2,1-4H3. The smallest absolute Gasteiger partial charge is 0.0477 e. The molecule has 1 N–H and O–H groups in total. The van der Waals surface area contributed by atoms with Gasteiger partial charge in [-0.15, -0.1) is 0 Å². The summed E-state index contributed by atoms with van der Waals surface area (Å²) in [5.41, 5.74) is 0. The summed E-state index contributed by atoms with van der Waals surface area (Å²) in [5.74, 6) is 1.19. The lowest BCUT2D eigenvalue weighted by molar-refractivity contribution is 0.145. The van der Waals surface area contributed by atoms with Crippen LogP contribution in [0.1, 0.15) is 34.1 Å². The van der Waals surface area contributed by atoms with Crippen molar-refractivity contribution in [1.82, 2.24) is 5.32 Å².